The van der Waals surface area contributed by atoms with Gasteiger partial charge < -0.3 is 4.74 Å². The standard InChI is InChI=1S/C16H15BrN2O6S/c1-2-25-16(20)11-18(13-9-7-12(17)8-10-13)26(23,24)15-6-4-3-5-14(15)19(21)22/h3-10H,2,11H2,1H3. The van der Waals surface area contributed by atoms with Gasteiger partial charge in [0.1, 0.15) is 6.54 Å². The van der Waals surface area contributed by atoms with Gasteiger partial charge in [-0.2, -0.15) is 0 Å². The number of nitro benzene ring substituents is 1. The summed E-state index contributed by atoms with van der Waals surface area (Å²) in [6.45, 7) is 1.07. The zero-order valence-corrected chi connectivity index (χ0v) is 16.1. The second kappa shape index (κ2) is 8.28. The van der Waals surface area contributed by atoms with Crippen LogP contribution in [0.4, 0.5) is 11.4 Å². The van der Waals surface area contributed by atoms with Crippen molar-refractivity contribution in [3.05, 3.63) is 63.1 Å². The van der Waals surface area contributed by atoms with Gasteiger partial charge in [-0.3, -0.25) is 19.2 Å². The summed E-state index contributed by atoms with van der Waals surface area (Å²) in [5.41, 5.74) is -0.391. The molecule has 0 amide bonds. The first kappa shape index (κ1) is 19.9. The summed E-state index contributed by atoms with van der Waals surface area (Å²) in [5.74, 6) is -0.766. The maximum absolute atomic E-state index is 13.1. The number of hydrogen-bond acceptors (Lipinski definition) is 6. The molecule has 2 rings (SSSR count). The second-order valence-electron chi connectivity index (χ2n) is 5.02. The van der Waals surface area contributed by atoms with Crippen LogP contribution in [-0.4, -0.2) is 32.5 Å². The first-order valence-corrected chi connectivity index (χ1v) is 9.68. The minimum absolute atomic E-state index is 0.0819. The van der Waals surface area contributed by atoms with Crippen LogP contribution in [0.3, 0.4) is 0 Å². The van der Waals surface area contributed by atoms with E-state index in [1.165, 1.54) is 24.3 Å². The Hall–Kier alpha value is -2.46. The Bertz CT molecular complexity index is 915. The van der Waals surface area contributed by atoms with Gasteiger partial charge in [0.05, 0.1) is 17.2 Å². The molecule has 0 saturated heterocycles. The summed E-state index contributed by atoms with van der Waals surface area (Å²) < 4.78 is 32.5. The summed E-state index contributed by atoms with van der Waals surface area (Å²) in [6.07, 6.45) is 0. The Morgan fingerprint density at radius 2 is 1.81 bits per heavy atom. The lowest BCUT2D eigenvalue weighted by Gasteiger charge is -2.23. The summed E-state index contributed by atoms with van der Waals surface area (Å²) in [4.78, 5) is 21.9. The van der Waals surface area contributed by atoms with Gasteiger partial charge in [-0.1, -0.05) is 28.1 Å². The van der Waals surface area contributed by atoms with Crippen molar-refractivity contribution in [3.8, 4) is 0 Å². The van der Waals surface area contributed by atoms with E-state index in [0.29, 0.717) is 4.47 Å². The quantitative estimate of drug-likeness (QED) is 0.370. The van der Waals surface area contributed by atoms with Gasteiger partial charge in [-0.25, -0.2) is 8.42 Å². The third kappa shape index (κ3) is 4.38. The number of nitro groups is 1. The number of nitrogens with zero attached hydrogens (tertiary/aromatic N) is 2. The molecule has 138 valence electrons. The van der Waals surface area contributed by atoms with Crippen molar-refractivity contribution in [3.63, 3.8) is 0 Å². The molecule has 0 heterocycles. The van der Waals surface area contributed by atoms with E-state index in [9.17, 15) is 23.3 Å². The molecule has 0 aromatic heterocycles. The van der Waals surface area contributed by atoms with Gasteiger partial charge in [0.15, 0.2) is 4.90 Å². The SMILES string of the molecule is CCOC(=O)CN(c1ccc(Br)cc1)S(=O)(=O)c1ccccc1[N+](=O)[O-]. The third-order valence-corrected chi connectivity index (χ3v) is 5.67. The smallest absolute Gasteiger partial charge is 0.326 e. The molecule has 0 unspecified atom stereocenters. The van der Waals surface area contributed by atoms with E-state index in [2.05, 4.69) is 15.9 Å². The van der Waals surface area contributed by atoms with Crippen LogP contribution in [-0.2, 0) is 19.6 Å². The van der Waals surface area contributed by atoms with Gasteiger partial charge in [0.25, 0.3) is 15.7 Å². The topological polar surface area (TPSA) is 107 Å². The number of carbonyl (C=O) groups is 1. The fraction of sp³-hybridized carbons (Fsp3) is 0.188. The van der Waals surface area contributed by atoms with Crippen molar-refractivity contribution in [2.24, 2.45) is 0 Å². The zero-order chi connectivity index (χ0) is 19.3. The molecule has 0 fully saturated rings. The average molecular weight is 443 g/mol. The van der Waals surface area contributed by atoms with Crippen molar-refractivity contribution in [2.45, 2.75) is 11.8 Å². The number of anilines is 1. The monoisotopic (exact) mass is 442 g/mol. The van der Waals surface area contributed by atoms with E-state index in [0.717, 1.165) is 16.4 Å². The van der Waals surface area contributed by atoms with E-state index in [1.807, 2.05) is 0 Å². The molecule has 2 aromatic rings. The maximum atomic E-state index is 13.1. The molecule has 8 nitrogen and oxygen atoms in total. The highest BCUT2D eigenvalue weighted by Gasteiger charge is 2.33. The largest absolute Gasteiger partial charge is 0.465 e. The fourth-order valence-corrected chi connectivity index (χ4v) is 4.02. The first-order chi connectivity index (χ1) is 12.3. The maximum Gasteiger partial charge on any atom is 0.326 e. The molecule has 10 heteroatoms. The number of rotatable bonds is 7. The normalized spacial score (nSPS) is 11.0. The molecule has 0 bridgehead atoms. The van der Waals surface area contributed by atoms with Crippen molar-refractivity contribution in [1.82, 2.24) is 0 Å². The van der Waals surface area contributed by atoms with Gasteiger partial charge in [-0.05, 0) is 37.3 Å². The van der Waals surface area contributed by atoms with Crippen molar-refractivity contribution >= 4 is 43.3 Å². The van der Waals surface area contributed by atoms with Crippen LogP contribution in [0, 0.1) is 10.1 Å². The summed E-state index contributed by atoms with van der Waals surface area (Å²) >= 11 is 3.25. The molecule has 2 aromatic carbocycles. The van der Waals surface area contributed by atoms with Crippen LogP contribution < -0.4 is 4.31 Å². The number of esters is 1. The van der Waals surface area contributed by atoms with E-state index >= 15 is 0 Å². The Balaban J connectivity index is 2.58. The van der Waals surface area contributed by atoms with Crippen LogP contribution in [0.2, 0.25) is 0 Å². The molecule has 0 aliphatic carbocycles. The molecule has 0 aliphatic heterocycles. The van der Waals surface area contributed by atoms with E-state index < -0.39 is 38.0 Å². The van der Waals surface area contributed by atoms with E-state index in [4.69, 9.17) is 4.74 Å². The van der Waals surface area contributed by atoms with Crippen molar-refractivity contribution in [2.75, 3.05) is 17.5 Å². The highest BCUT2D eigenvalue weighted by atomic mass is 79.9. The van der Waals surface area contributed by atoms with Crippen LogP contribution in [0.5, 0.6) is 0 Å². The number of carbonyl (C=O) groups excluding carboxylic acids is 1. The minimum atomic E-state index is -4.38. The van der Waals surface area contributed by atoms with E-state index in [1.54, 1.807) is 19.1 Å². The van der Waals surface area contributed by atoms with Crippen molar-refractivity contribution in [1.29, 1.82) is 0 Å². The van der Waals surface area contributed by atoms with Gasteiger partial charge in [-0.15, -0.1) is 0 Å². The van der Waals surface area contributed by atoms with Crippen LogP contribution >= 0.6 is 15.9 Å². The predicted molar refractivity (Wildman–Crippen MR) is 98.4 cm³/mol. The minimum Gasteiger partial charge on any atom is -0.465 e. The molecule has 0 radical (unpaired) electrons. The molecule has 0 spiro atoms. The Kier molecular flexibility index (Phi) is 6.32. The lowest BCUT2D eigenvalue weighted by molar-refractivity contribution is -0.387. The lowest BCUT2D eigenvalue weighted by atomic mass is 10.3. The summed E-state index contributed by atoms with van der Waals surface area (Å²) in [6, 6.07) is 11.1. The highest BCUT2D eigenvalue weighted by molar-refractivity contribution is 9.10. The number of hydrogen-bond donors (Lipinski definition) is 0. The summed E-state index contributed by atoms with van der Waals surface area (Å²) in [7, 11) is -4.38. The van der Waals surface area contributed by atoms with Gasteiger partial charge in [0, 0.05) is 10.5 Å². The zero-order valence-electron chi connectivity index (χ0n) is 13.7. The molecule has 26 heavy (non-hydrogen) atoms. The Morgan fingerprint density at radius 1 is 1.19 bits per heavy atom. The van der Waals surface area contributed by atoms with Gasteiger partial charge in [0.2, 0.25) is 0 Å². The number of halogens is 1. The highest BCUT2D eigenvalue weighted by Crippen LogP contribution is 2.30. The lowest BCUT2D eigenvalue weighted by Crippen LogP contribution is -2.36. The molecule has 0 atom stereocenters. The molecule has 0 saturated carbocycles. The molecule has 0 N–H and O–H groups in total. The summed E-state index contributed by atoms with van der Waals surface area (Å²) in [5, 5.41) is 11.2. The van der Waals surface area contributed by atoms with Gasteiger partial charge >= 0.3 is 5.97 Å². The Morgan fingerprint density at radius 3 is 2.38 bits per heavy atom. The number of para-hydroxylation sites is 1. The molecular weight excluding hydrogens is 428 g/mol. The number of ether oxygens (including phenoxy) is 1. The van der Waals surface area contributed by atoms with Crippen LogP contribution in [0.1, 0.15) is 6.92 Å². The second-order valence-corrected chi connectivity index (χ2v) is 7.76. The predicted octanol–water partition coefficient (Wildman–Crippen LogP) is 3.12. The third-order valence-electron chi connectivity index (χ3n) is 3.32. The molecular formula is C16H15BrN2O6S. The average Bonchev–Trinajstić information content (AvgIpc) is 2.60. The first-order valence-electron chi connectivity index (χ1n) is 7.44. The fourth-order valence-electron chi connectivity index (χ4n) is 2.19. The number of sulfonamides is 1. The van der Waals surface area contributed by atoms with Crippen molar-refractivity contribution < 1.29 is 22.9 Å². The number of benzene rings is 2. The van der Waals surface area contributed by atoms with E-state index in [-0.39, 0.29) is 12.3 Å². The Labute approximate surface area is 158 Å². The van der Waals surface area contributed by atoms with Crippen LogP contribution in [0.25, 0.3) is 0 Å². The molecule has 0 aliphatic rings. The van der Waals surface area contributed by atoms with Crippen LogP contribution in [0.15, 0.2) is 57.9 Å².